The van der Waals surface area contributed by atoms with Crippen LogP contribution >= 0.6 is 11.5 Å². The van der Waals surface area contributed by atoms with Crippen molar-refractivity contribution in [3.05, 3.63) is 65.7 Å². The Labute approximate surface area is 191 Å². The molecule has 2 aromatic carbocycles. The van der Waals surface area contributed by atoms with Gasteiger partial charge in [-0.3, -0.25) is 14.9 Å². The molecule has 3 aromatic heterocycles. The molecule has 11 heteroatoms. The van der Waals surface area contributed by atoms with Crippen LogP contribution in [0.5, 0.6) is 0 Å². The van der Waals surface area contributed by atoms with Crippen LogP contribution in [0.2, 0.25) is 0 Å². The predicted octanol–water partition coefficient (Wildman–Crippen LogP) is 3.62. The molecule has 0 saturated carbocycles. The molecule has 10 nitrogen and oxygen atoms in total. The van der Waals surface area contributed by atoms with Crippen LogP contribution in [0, 0.1) is 6.92 Å². The molecule has 0 radical (unpaired) electrons. The average Bonchev–Trinajstić information content (AvgIpc) is 3.52. The van der Waals surface area contributed by atoms with E-state index in [-0.39, 0.29) is 17.9 Å². The van der Waals surface area contributed by atoms with Gasteiger partial charge in [-0.25, -0.2) is 9.67 Å². The van der Waals surface area contributed by atoms with E-state index in [0.29, 0.717) is 33.6 Å². The molecule has 0 fully saturated rings. The van der Waals surface area contributed by atoms with E-state index >= 15 is 0 Å². The van der Waals surface area contributed by atoms with E-state index < -0.39 is 5.91 Å². The molecule has 33 heavy (non-hydrogen) atoms. The Kier molecular flexibility index (Phi) is 5.23. The monoisotopic (exact) mass is 459 g/mol. The number of Topliss-reactive ketones (excluding diaryl/α,β-unsaturated/α-hetero) is 1. The zero-order valence-corrected chi connectivity index (χ0v) is 18.5. The number of fused-ring (bicyclic) bond motifs is 1. The lowest BCUT2D eigenvalue weighted by Gasteiger charge is -2.04. The highest BCUT2D eigenvalue weighted by Crippen LogP contribution is 2.30. The number of ketones is 1. The summed E-state index contributed by atoms with van der Waals surface area (Å²) in [4.78, 5) is 28.1. The molecule has 0 unspecified atom stereocenters. The quantitative estimate of drug-likeness (QED) is 0.408. The van der Waals surface area contributed by atoms with E-state index in [1.807, 2.05) is 48.5 Å². The molecule has 0 atom stereocenters. The standard InChI is InChI=1S/C22H17N7O3S/c1-12(30)10-18-23-22(33-27-18)24-21(31)19-13(2)29(28-25-19)15-8-9-17-16(11-15)20(32-26-17)14-6-4-3-5-7-14/h3-9,11H,10H2,1-2H3,(H,23,24,27,31). The number of nitrogens with zero attached hydrogens (tertiary/aromatic N) is 6. The third kappa shape index (κ3) is 4.01. The Morgan fingerprint density at radius 1 is 1.15 bits per heavy atom. The van der Waals surface area contributed by atoms with Gasteiger partial charge in [-0.05, 0) is 32.0 Å². The third-order valence-electron chi connectivity index (χ3n) is 4.95. The Hall–Kier alpha value is -4.25. The number of benzene rings is 2. The maximum Gasteiger partial charge on any atom is 0.279 e. The fourth-order valence-electron chi connectivity index (χ4n) is 3.40. The van der Waals surface area contributed by atoms with Crippen molar-refractivity contribution in [2.75, 3.05) is 5.32 Å². The lowest BCUT2D eigenvalue weighted by atomic mass is 10.1. The first-order valence-corrected chi connectivity index (χ1v) is 10.8. The number of carbonyl (C=O) groups excluding carboxylic acids is 2. The van der Waals surface area contributed by atoms with Gasteiger partial charge in [-0.2, -0.15) is 4.37 Å². The Bertz CT molecular complexity index is 1490. The van der Waals surface area contributed by atoms with E-state index in [4.69, 9.17) is 4.52 Å². The summed E-state index contributed by atoms with van der Waals surface area (Å²) in [5, 5.41) is 16.1. The first kappa shape index (κ1) is 20.6. The van der Waals surface area contributed by atoms with Crippen LogP contribution in [0.15, 0.2) is 53.1 Å². The molecule has 5 aromatic rings. The molecule has 0 spiro atoms. The highest BCUT2D eigenvalue weighted by atomic mass is 32.1. The van der Waals surface area contributed by atoms with Crippen molar-refractivity contribution in [3.8, 4) is 17.0 Å². The van der Waals surface area contributed by atoms with Crippen molar-refractivity contribution >= 4 is 39.3 Å². The molecule has 3 heterocycles. The maximum absolute atomic E-state index is 12.7. The number of hydrogen-bond acceptors (Lipinski definition) is 9. The van der Waals surface area contributed by atoms with Gasteiger partial charge in [-0.15, -0.1) is 5.10 Å². The molecule has 164 valence electrons. The maximum atomic E-state index is 12.7. The van der Waals surface area contributed by atoms with Crippen molar-refractivity contribution in [2.24, 2.45) is 0 Å². The van der Waals surface area contributed by atoms with Crippen LogP contribution < -0.4 is 5.32 Å². The summed E-state index contributed by atoms with van der Waals surface area (Å²) < 4.78 is 11.2. The topological polar surface area (TPSA) is 129 Å². The van der Waals surface area contributed by atoms with Gasteiger partial charge in [-0.1, -0.05) is 40.7 Å². The highest BCUT2D eigenvalue weighted by Gasteiger charge is 2.20. The average molecular weight is 459 g/mol. The first-order valence-electron chi connectivity index (χ1n) is 10.0. The van der Waals surface area contributed by atoms with Crippen LogP contribution in [0.25, 0.3) is 27.9 Å². The third-order valence-corrected chi connectivity index (χ3v) is 5.61. The van der Waals surface area contributed by atoms with Crippen LogP contribution in [0.3, 0.4) is 0 Å². The van der Waals surface area contributed by atoms with Crippen molar-refractivity contribution < 1.29 is 14.1 Å². The second-order valence-electron chi connectivity index (χ2n) is 7.36. The van der Waals surface area contributed by atoms with Gasteiger partial charge in [0.05, 0.1) is 23.2 Å². The summed E-state index contributed by atoms with van der Waals surface area (Å²) >= 11 is 1.01. The second kappa shape index (κ2) is 8.36. The van der Waals surface area contributed by atoms with E-state index in [9.17, 15) is 9.59 Å². The molecule has 0 aliphatic rings. The Morgan fingerprint density at radius 3 is 2.76 bits per heavy atom. The number of amides is 1. The van der Waals surface area contributed by atoms with Gasteiger partial charge in [0.15, 0.2) is 17.3 Å². The molecular weight excluding hydrogens is 442 g/mol. The normalized spacial score (nSPS) is 11.1. The summed E-state index contributed by atoms with van der Waals surface area (Å²) in [5.74, 6) is 0.519. The fraction of sp³-hybridized carbons (Fsp3) is 0.136. The number of rotatable bonds is 6. The zero-order valence-electron chi connectivity index (χ0n) is 17.6. The minimum Gasteiger partial charge on any atom is -0.355 e. The number of aromatic nitrogens is 6. The molecule has 0 bridgehead atoms. The molecule has 0 aliphatic heterocycles. The van der Waals surface area contributed by atoms with Crippen LogP contribution in [-0.2, 0) is 11.2 Å². The first-order chi connectivity index (χ1) is 16.0. The van der Waals surface area contributed by atoms with Gasteiger partial charge in [0.25, 0.3) is 5.91 Å². The van der Waals surface area contributed by atoms with Gasteiger partial charge in [0, 0.05) is 17.1 Å². The van der Waals surface area contributed by atoms with Gasteiger partial charge in [0.2, 0.25) is 5.13 Å². The molecule has 0 aliphatic carbocycles. The molecular formula is C22H17N7O3S. The predicted molar refractivity (Wildman–Crippen MR) is 121 cm³/mol. The van der Waals surface area contributed by atoms with Crippen LogP contribution in [0.4, 0.5) is 5.13 Å². The lowest BCUT2D eigenvalue weighted by Crippen LogP contribution is -2.14. The van der Waals surface area contributed by atoms with Gasteiger partial charge < -0.3 is 4.52 Å². The minimum absolute atomic E-state index is 0.0512. The minimum atomic E-state index is -0.458. The van der Waals surface area contributed by atoms with Crippen molar-refractivity contribution in [1.29, 1.82) is 0 Å². The second-order valence-corrected chi connectivity index (χ2v) is 8.11. The fourth-order valence-corrected chi connectivity index (χ4v) is 3.98. The van der Waals surface area contributed by atoms with E-state index in [2.05, 4.69) is 30.1 Å². The van der Waals surface area contributed by atoms with Crippen molar-refractivity contribution in [1.82, 2.24) is 29.5 Å². The summed E-state index contributed by atoms with van der Waals surface area (Å²) in [6.07, 6.45) is 0.123. The largest absolute Gasteiger partial charge is 0.355 e. The number of anilines is 1. The summed E-state index contributed by atoms with van der Waals surface area (Å²) in [6, 6.07) is 15.3. The van der Waals surface area contributed by atoms with E-state index in [1.165, 1.54) is 6.92 Å². The van der Waals surface area contributed by atoms with E-state index in [0.717, 1.165) is 22.5 Å². The summed E-state index contributed by atoms with van der Waals surface area (Å²) in [7, 11) is 0. The molecule has 0 saturated heterocycles. The number of nitrogens with one attached hydrogen (secondary N) is 1. The zero-order chi connectivity index (χ0) is 22.9. The highest BCUT2D eigenvalue weighted by molar-refractivity contribution is 7.09. The number of hydrogen-bond donors (Lipinski definition) is 1. The smallest absolute Gasteiger partial charge is 0.279 e. The molecule has 1 amide bonds. The summed E-state index contributed by atoms with van der Waals surface area (Å²) in [6.45, 7) is 3.22. The van der Waals surface area contributed by atoms with Crippen LogP contribution in [0.1, 0.15) is 28.9 Å². The Balaban J connectivity index is 1.43. The lowest BCUT2D eigenvalue weighted by molar-refractivity contribution is -0.116. The van der Waals surface area contributed by atoms with Crippen molar-refractivity contribution in [2.45, 2.75) is 20.3 Å². The van der Waals surface area contributed by atoms with Crippen LogP contribution in [-0.4, -0.2) is 41.2 Å². The molecule has 1 N–H and O–H groups in total. The van der Waals surface area contributed by atoms with E-state index in [1.54, 1.807) is 11.6 Å². The molecule has 5 rings (SSSR count). The van der Waals surface area contributed by atoms with Crippen molar-refractivity contribution in [3.63, 3.8) is 0 Å². The SMILES string of the molecule is CC(=O)Cc1nsc(NC(=O)c2nnn(-c3ccc4noc(-c5ccccc5)c4c3)c2C)n1. The van der Waals surface area contributed by atoms with Gasteiger partial charge in [0.1, 0.15) is 11.3 Å². The summed E-state index contributed by atoms with van der Waals surface area (Å²) in [5.41, 5.74) is 3.05. The van der Waals surface area contributed by atoms with Gasteiger partial charge >= 0.3 is 0 Å². The number of carbonyl (C=O) groups is 2. The Morgan fingerprint density at radius 2 is 1.97 bits per heavy atom.